The molecule has 0 bridgehead atoms. The summed E-state index contributed by atoms with van der Waals surface area (Å²) in [6.45, 7) is 3.29. The van der Waals surface area contributed by atoms with Crippen molar-refractivity contribution >= 4 is 10.5 Å². The van der Waals surface area contributed by atoms with Crippen LogP contribution in [0.3, 0.4) is 0 Å². The van der Waals surface area contributed by atoms with E-state index in [1.54, 1.807) is 0 Å². The molecule has 18 heavy (non-hydrogen) atoms. The van der Waals surface area contributed by atoms with E-state index >= 15 is 0 Å². The van der Waals surface area contributed by atoms with Crippen LogP contribution in [0.1, 0.15) is 71.1 Å². The number of rotatable bonds is 5. The number of hydrogen-bond donors (Lipinski definition) is 1. The van der Waals surface area contributed by atoms with E-state index in [-0.39, 0.29) is 5.72 Å². The predicted octanol–water partition coefficient (Wildman–Crippen LogP) is 2.75. The first kappa shape index (κ1) is 14.5. The molecule has 0 saturated heterocycles. The van der Waals surface area contributed by atoms with Gasteiger partial charge >= 0.3 is 0 Å². The molecule has 2 saturated carbocycles. The van der Waals surface area contributed by atoms with E-state index < -0.39 is 0 Å². The molecule has 2 fully saturated rings. The molecule has 0 aliphatic heterocycles. The molecule has 106 valence electrons. The first-order valence-electron chi connectivity index (χ1n) is 8.13. The summed E-state index contributed by atoms with van der Waals surface area (Å²) in [5, 5.41) is 3.80. The fourth-order valence-electron chi connectivity index (χ4n) is 4.37. The molecule has 0 amide bonds. The molecule has 0 aromatic carbocycles. The normalized spacial score (nSPS) is 24.5. The van der Waals surface area contributed by atoms with Gasteiger partial charge in [0.1, 0.15) is 16.2 Å². The van der Waals surface area contributed by atoms with Crippen molar-refractivity contribution in [2.45, 2.75) is 76.9 Å². The average molecular weight is 270 g/mol. The van der Waals surface area contributed by atoms with Crippen molar-refractivity contribution in [1.29, 1.82) is 0 Å². The van der Waals surface area contributed by atoms with Gasteiger partial charge in [0.2, 0.25) is 0 Å². The molecule has 0 unspecified atom stereocenters. The molecule has 0 aromatic heterocycles. The van der Waals surface area contributed by atoms with Gasteiger partial charge in [-0.25, -0.2) is 0 Å². The van der Waals surface area contributed by atoms with Gasteiger partial charge in [-0.2, -0.15) is 0 Å². The molecular weight excluding hydrogens is 238 g/mol. The van der Waals surface area contributed by atoms with Crippen LogP contribution in [0.15, 0.2) is 0 Å². The van der Waals surface area contributed by atoms with E-state index in [4.69, 9.17) is 4.43 Å². The Morgan fingerprint density at radius 3 is 1.72 bits per heavy atom. The Morgan fingerprint density at radius 2 is 1.39 bits per heavy atom. The van der Waals surface area contributed by atoms with E-state index in [1.165, 1.54) is 64.2 Å². The maximum absolute atomic E-state index is 6.29. The van der Waals surface area contributed by atoms with Crippen LogP contribution >= 0.6 is 0 Å². The third-order valence-corrected chi connectivity index (χ3v) is 5.89. The summed E-state index contributed by atoms with van der Waals surface area (Å²) in [5.41, 5.74) is 0.0435. The highest BCUT2D eigenvalue weighted by Crippen LogP contribution is 2.43. The smallest absolute Gasteiger partial charge is 0.148 e. The molecule has 2 aliphatic rings. The van der Waals surface area contributed by atoms with Gasteiger partial charge in [0, 0.05) is 11.8 Å². The fraction of sp³-hybridized carbons (Fsp3) is 1.00. The van der Waals surface area contributed by atoms with Gasteiger partial charge in [-0.3, -0.25) is 5.32 Å². The average Bonchev–Trinajstić information content (AvgIpc) is 2.47. The summed E-state index contributed by atoms with van der Waals surface area (Å²) in [6.07, 6.45) is 14.0. The van der Waals surface area contributed by atoms with Crippen molar-refractivity contribution in [1.82, 2.24) is 5.32 Å². The molecule has 0 aromatic rings. The second-order valence-electron chi connectivity index (χ2n) is 6.20. The van der Waals surface area contributed by atoms with Gasteiger partial charge in [-0.15, -0.1) is 0 Å². The zero-order chi connectivity index (χ0) is 12.8. The lowest BCUT2D eigenvalue weighted by molar-refractivity contribution is -0.0909. The van der Waals surface area contributed by atoms with Crippen LogP contribution in [0, 0.1) is 11.8 Å². The van der Waals surface area contributed by atoms with Crippen molar-refractivity contribution in [3.05, 3.63) is 0 Å². The molecule has 2 rings (SSSR count). The summed E-state index contributed by atoms with van der Waals surface area (Å²) in [7, 11) is 0.865. The minimum Gasteiger partial charge on any atom is -0.410 e. The van der Waals surface area contributed by atoms with Gasteiger partial charge in [0.05, 0.1) is 0 Å². The molecule has 1 N–H and O–H groups in total. The first-order valence-corrected chi connectivity index (χ1v) is 8.95. The third-order valence-electron chi connectivity index (χ3n) is 5.21. The van der Waals surface area contributed by atoms with Crippen LogP contribution in [0.2, 0.25) is 0 Å². The van der Waals surface area contributed by atoms with Gasteiger partial charge in [0.15, 0.2) is 0 Å². The van der Waals surface area contributed by atoms with Crippen LogP contribution in [0.4, 0.5) is 0 Å². The van der Waals surface area contributed by atoms with Gasteiger partial charge < -0.3 is 4.43 Å². The van der Waals surface area contributed by atoms with E-state index in [0.29, 0.717) is 0 Å². The van der Waals surface area contributed by atoms with Gasteiger partial charge in [0.25, 0.3) is 0 Å². The fourth-order valence-corrected chi connectivity index (χ4v) is 5.18. The Kier molecular flexibility index (Phi) is 5.71. The Balaban J connectivity index is 2.13. The van der Waals surface area contributed by atoms with Gasteiger partial charge in [-0.05, 0) is 32.2 Å². The SMILES string of the molecule is CCNC(O[SiH3])(C1CCCCC1)C1CCCCC1. The Bertz CT molecular complexity index is 217. The van der Waals surface area contributed by atoms with E-state index in [0.717, 1.165) is 28.9 Å². The number of nitrogens with one attached hydrogen (secondary N) is 1. The lowest BCUT2D eigenvalue weighted by Gasteiger charge is -2.49. The van der Waals surface area contributed by atoms with Crippen LogP contribution in [0.5, 0.6) is 0 Å². The zero-order valence-corrected chi connectivity index (χ0v) is 14.3. The molecule has 0 heterocycles. The van der Waals surface area contributed by atoms with Crippen LogP contribution in [0.25, 0.3) is 0 Å². The van der Waals surface area contributed by atoms with Crippen molar-refractivity contribution in [2.24, 2.45) is 11.8 Å². The first-order chi connectivity index (χ1) is 8.83. The predicted molar refractivity (Wildman–Crippen MR) is 80.6 cm³/mol. The van der Waals surface area contributed by atoms with Crippen LogP contribution in [-0.4, -0.2) is 22.8 Å². The van der Waals surface area contributed by atoms with Crippen LogP contribution in [-0.2, 0) is 4.43 Å². The molecule has 0 spiro atoms. The summed E-state index contributed by atoms with van der Waals surface area (Å²) in [6, 6.07) is 0. The minimum absolute atomic E-state index is 0.0435. The highest BCUT2D eigenvalue weighted by Gasteiger charge is 2.44. The van der Waals surface area contributed by atoms with E-state index in [2.05, 4.69) is 12.2 Å². The van der Waals surface area contributed by atoms with E-state index in [9.17, 15) is 0 Å². The Hall–Kier alpha value is 0.137. The largest absolute Gasteiger partial charge is 0.410 e. The van der Waals surface area contributed by atoms with Crippen LogP contribution < -0.4 is 5.32 Å². The summed E-state index contributed by atoms with van der Waals surface area (Å²) in [5.74, 6) is 1.54. The van der Waals surface area contributed by atoms with Crippen molar-refractivity contribution < 1.29 is 4.43 Å². The monoisotopic (exact) mass is 269 g/mol. The maximum atomic E-state index is 6.29. The van der Waals surface area contributed by atoms with Crippen molar-refractivity contribution in [3.63, 3.8) is 0 Å². The molecular formula is C15H31NOSi. The third kappa shape index (κ3) is 2.99. The standard InChI is InChI=1S/C15H31NOSi/c1-2-16-15(17-18,13-9-5-3-6-10-13)14-11-7-4-8-12-14/h13-14,16H,2-12H2,1,18H3. The Labute approximate surface area is 116 Å². The second kappa shape index (κ2) is 7.06. The van der Waals surface area contributed by atoms with E-state index in [1.807, 2.05) is 0 Å². The molecule has 0 atom stereocenters. The molecule has 3 heteroatoms. The maximum Gasteiger partial charge on any atom is 0.148 e. The topological polar surface area (TPSA) is 21.3 Å². The van der Waals surface area contributed by atoms with Crippen molar-refractivity contribution in [2.75, 3.05) is 6.54 Å². The lowest BCUT2D eigenvalue weighted by Crippen LogP contribution is -2.59. The summed E-state index contributed by atoms with van der Waals surface area (Å²) < 4.78 is 6.29. The Morgan fingerprint density at radius 1 is 0.944 bits per heavy atom. The number of hydrogen-bond acceptors (Lipinski definition) is 2. The summed E-state index contributed by atoms with van der Waals surface area (Å²) >= 11 is 0. The van der Waals surface area contributed by atoms with Crippen molar-refractivity contribution in [3.8, 4) is 0 Å². The lowest BCUT2D eigenvalue weighted by atomic mass is 9.71. The minimum atomic E-state index is 0.0435. The van der Waals surface area contributed by atoms with Gasteiger partial charge in [-0.1, -0.05) is 45.4 Å². The quantitative estimate of drug-likeness (QED) is 0.612. The summed E-state index contributed by atoms with van der Waals surface area (Å²) in [4.78, 5) is 0. The zero-order valence-electron chi connectivity index (χ0n) is 12.3. The molecule has 0 radical (unpaired) electrons. The molecule has 2 aliphatic carbocycles. The second-order valence-corrected chi connectivity index (χ2v) is 6.61. The molecule has 2 nitrogen and oxygen atoms in total. The highest BCUT2D eigenvalue weighted by molar-refractivity contribution is 5.98. The highest BCUT2D eigenvalue weighted by atomic mass is 28.2.